The molecule has 3 rings (SSSR count). The SMILES string of the molecule is CC1CCCN(CC(O)c2cc3ccccc3o2)CC1. The Balaban J connectivity index is 1.67. The van der Waals surface area contributed by atoms with Crippen molar-refractivity contribution in [2.24, 2.45) is 5.92 Å². The van der Waals surface area contributed by atoms with Crippen molar-refractivity contribution in [1.29, 1.82) is 0 Å². The van der Waals surface area contributed by atoms with Gasteiger partial charge >= 0.3 is 0 Å². The van der Waals surface area contributed by atoms with Crippen LogP contribution in [0.4, 0.5) is 0 Å². The van der Waals surface area contributed by atoms with Crippen molar-refractivity contribution in [2.75, 3.05) is 19.6 Å². The summed E-state index contributed by atoms with van der Waals surface area (Å²) in [5.74, 6) is 1.49. The Morgan fingerprint density at radius 3 is 3.00 bits per heavy atom. The van der Waals surface area contributed by atoms with Gasteiger partial charge in [-0.1, -0.05) is 25.1 Å². The zero-order valence-corrected chi connectivity index (χ0v) is 12.1. The minimum Gasteiger partial charge on any atom is -0.458 e. The van der Waals surface area contributed by atoms with Crippen LogP contribution in [0.2, 0.25) is 0 Å². The van der Waals surface area contributed by atoms with Gasteiger partial charge in [0.15, 0.2) is 0 Å². The molecule has 0 radical (unpaired) electrons. The lowest BCUT2D eigenvalue weighted by atomic mass is 10.0. The number of benzene rings is 1. The molecule has 1 aromatic heterocycles. The van der Waals surface area contributed by atoms with Gasteiger partial charge in [-0.2, -0.15) is 0 Å². The molecule has 1 aromatic carbocycles. The van der Waals surface area contributed by atoms with Crippen molar-refractivity contribution in [2.45, 2.75) is 32.3 Å². The summed E-state index contributed by atoms with van der Waals surface area (Å²) in [7, 11) is 0. The van der Waals surface area contributed by atoms with Gasteiger partial charge in [-0.15, -0.1) is 0 Å². The van der Waals surface area contributed by atoms with Crippen LogP contribution in [0, 0.1) is 5.92 Å². The van der Waals surface area contributed by atoms with E-state index in [-0.39, 0.29) is 0 Å². The largest absolute Gasteiger partial charge is 0.458 e. The summed E-state index contributed by atoms with van der Waals surface area (Å²) in [6.45, 7) is 5.16. The van der Waals surface area contributed by atoms with E-state index in [2.05, 4.69) is 11.8 Å². The van der Waals surface area contributed by atoms with E-state index < -0.39 is 6.10 Å². The number of aliphatic hydroxyl groups is 1. The third-order valence-corrected chi connectivity index (χ3v) is 4.31. The quantitative estimate of drug-likeness (QED) is 0.928. The second-order valence-electron chi connectivity index (χ2n) is 6.04. The van der Waals surface area contributed by atoms with Gasteiger partial charge in [0, 0.05) is 11.9 Å². The molecule has 20 heavy (non-hydrogen) atoms. The summed E-state index contributed by atoms with van der Waals surface area (Å²) in [6, 6.07) is 9.87. The molecule has 3 nitrogen and oxygen atoms in total. The van der Waals surface area contributed by atoms with Crippen molar-refractivity contribution in [3.05, 3.63) is 36.1 Å². The van der Waals surface area contributed by atoms with E-state index >= 15 is 0 Å². The van der Waals surface area contributed by atoms with Crippen LogP contribution in [0.25, 0.3) is 11.0 Å². The fourth-order valence-electron chi connectivity index (χ4n) is 3.01. The molecule has 0 saturated carbocycles. The summed E-state index contributed by atoms with van der Waals surface area (Å²) in [5, 5.41) is 11.5. The highest BCUT2D eigenvalue weighted by Gasteiger charge is 2.19. The number of para-hydroxylation sites is 1. The fourth-order valence-corrected chi connectivity index (χ4v) is 3.01. The van der Waals surface area contributed by atoms with Crippen LogP contribution in [0.3, 0.4) is 0 Å². The molecule has 1 N–H and O–H groups in total. The second kappa shape index (κ2) is 5.98. The highest BCUT2D eigenvalue weighted by atomic mass is 16.4. The molecule has 0 aliphatic carbocycles. The Morgan fingerprint density at radius 1 is 1.30 bits per heavy atom. The average Bonchev–Trinajstić information content (AvgIpc) is 2.78. The molecule has 1 saturated heterocycles. The minimum atomic E-state index is -0.532. The number of rotatable bonds is 3. The Morgan fingerprint density at radius 2 is 2.15 bits per heavy atom. The highest BCUT2D eigenvalue weighted by Crippen LogP contribution is 2.25. The standard InChI is InChI=1S/C17H23NO2/c1-13-5-4-9-18(10-8-13)12-15(19)17-11-14-6-2-3-7-16(14)20-17/h2-3,6-7,11,13,15,19H,4-5,8-10,12H2,1H3. The first-order valence-electron chi connectivity index (χ1n) is 7.61. The molecule has 0 spiro atoms. The maximum absolute atomic E-state index is 10.4. The fraction of sp³-hybridized carbons (Fsp3) is 0.529. The number of β-amino-alcohol motifs (C(OH)–C–C–N with tert-alkyl or cyclic N) is 1. The molecule has 0 bridgehead atoms. The normalized spacial score (nSPS) is 22.8. The molecule has 2 unspecified atom stereocenters. The van der Waals surface area contributed by atoms with Crippen LogP contribution in [-0.4, -0.2) is 29.6 Å². The molecular weight excluding hydrogens is 250 g/mol. The van der Waals surface area contributed by atoms with Crippen molar-refractivity contribution in [3.63, 3.8) is 0 Å². The Hall–Kier alpha value is -1.32. The molecule has 1 aliphatic heterocycles. The third kappa shape index (κ3) is 3.05. The Bertz CT molecular complexity index is 530. The Kier molecular flexibility index (Phi) is 4.08. The van der Waals surface area contributed by atoms with Gasteiger partial charge in [0.05, 0.1) is 0 Å². The first-order chi connectivity index (χ1) is 9.72. The lowest BCUT2D eigenvalue weighted by Crippen LogP contribution is -2.29. The van der Waals surface area contributed by atoms with Crippen molar-refractivity contribution < 1.29 is 9.52 Å². The molecule has 0 amide bonds. The third-order valence-electron chi connectivity index (χ3n) is 4.31. The van der Waals surface area contributed by atoms with Gasteiger partial charge in [0.25, 0.3) is 0 Å². The van der Waals surface area contributed by atoms with Gasteiger partial charge in [0.1, 0.15) is 17.4 Å². The number of nitrogens with zero attached hydrogens (tertiary/aromatic N) is 1. The van der Waals surface area contributed by atoms with E-state index in [4.69, 9.17) is 4.42 Å². The van der Waals surface area contributed by atoms with Crippen molar-refractivity contribution in [1.82, 2.24) is 4.90 Å². The van der Waals surface area contributed by atoms with E-state index in [1.54, 1.807) is 0 Å². The molecule has 1 fully saturated rings. The average molecular weight is 273 g/mol. The first-order valence-corrected chi connectivity index (χ1v) is 7.61. The summed E-state index contributed by atoms with van der Waals surface area (Å²) >= 11 is 0. The molecule has 108 valence electrons. The van der Waals surface area contributed by atoms with Crippen molar-refractivity contribution in [3.8, 4) is 0 Å². The minimum absolute atomic E-state index is 0.532. The zero-order valence-electron chi connectivity index (χ0n) is 12.1. The topological polar surface area (TPSA) is 36.6 Å². The van der Waals surface area contributed by atoms with Gasteiger partial charge in [-0.25, -0.2) is 0 Å². The Labute approximate surface area is 120 Å². The molecule has 3 heteroatoms. The molecular formula is C17H23NO2. The number of hydrogen-bond donors (Lipinski definition) is 1. The summed E-state index contributed by atoms with van der Waals surface area (Å²) < 4.78 is 5.75. The predicted molar refractivity (Wildman–Crippen MR) is 80.6 cm³/mol. The van der Waals surface area contributed by atoms with E-state index in [1.165, 1.54) is 19.3 Å². The van der Waals surface area contributed by atoms with Gasteiger partial charge in [-0.05, 0) is 50.4 Å². The van der Waals surface area contributed by atoms with Crippen molar-refractivity contribution >= 4 is 11.0 Å². The van der Waals surface area contributed by atoms with E-state index in [1.807, 2.05) is 30.3 Å². The number of fused-ring (bicyclic) bond motifs is 1. The number of hydrogen-bond acceptors (Lipinski definition) is 3. The van der Waals surface area contributed by atoms with E-state index in [0.717, 1.165) is 30.0 Å². The molecule has 2 atom stereocenters. The van der Waals surface area contributed by atoms with Crippen LogP contribution in [0.15, 0.2) is 34.7 Å². The zero-order chi connectivity index (χ0) is 13.9. The van der Waals surface area contributed by atoms with Crippen LogP contribution in [0.5, 0.6) is 0 Å². The maximum Gasteiger partial charge on any atom is 0.135 e. The second-order valence-corrected chi connectivity index (χ2v) is 6.04. The molecule has 2 aromatic rings. The van der Waals surface area contributed by atoms with Gasteiger partial charge in [-0.3, -0.25) is 0 Å². The molecule has 1 aliphatic rings. The van der Waals surface area contributed by atoms with Gasteiger partial charge < -0.3 is 14.4 Å². The van der Waals surface area contributed by atoms with Crippen LogP contribution in [-0.2, 0) is 0 Å². The van der Waals surface area contributed by atoms with E-state index in [0.29, 0.717) is 12.3 Å². The number of aliphatic hydroxyl groups excluding tert-OH is 1. The monoisotopic (exact) mass is 273 g/mol. The van der Waals surface area contributed by atoms with Gasteiger partial charge in [0.2, 0.25) is 0 Å². The molecule has 2 heterocycles. The van der Waals surface area contributed by atoms with Crippen LogP contribution >= 0.6 is 0 Å². The maximum atomic E-state index is 10.4. The lowest BCUT2D eigenvalue weighted by Gasteiger charge is -2.22. The predicted octanol–water partition coefficient (Wildman–Crippen LogP) is 3.59. The lowest BCUT2D eigenvalue weighted by molar-refractivity contribution is 0.0971. The smallest absolute Gasteiger partial charge is 0.135 e. The number of furan rings is 1. The van der Waals surface area contributed by atoms with Crippen LogP contribution < -0.4 is 0 Å². The summed E-state index contributed by atoms with van der Waals surface area (Å²) in [5.41, 5.74) is 0.853. The summed E-state index contributed by atoms with van der Waals surface area (Å²) in [6.07, 6.45) is 3.23. The van der Waals surface area contributed by atoms with E-state index in [9.17, 15) is 5.11 Å². The van der Waals surface area contributed by atoms with Crippen LogP contribution in [0.1, 0.15) is 38.1 Å². The highest BCUT2D eigenvalue weighted by molar-refractivity contribution is 5.77. The number of likely N-dealkylation sites (tertiary alicyclic amines) is 1. The first kappa shape index (κ1) is 13.7. The summed E-state index contributed by atoms with van der Waals surface area (Å²) in [4.78, 5) is 2.36.